The molecule has 0 heterocycles. The van der Waals surface area contributed by atoms with Crippen LogP contribution in [0.1, 0.15) is 0 Å². The molecule has 0 radical (unpaired) electrons. The molecule has 0 aromatic rings. The minimum Gasteiger partial charge on any atom is -1.00 e. The largest absolute Gasteiger partial charge is 4.00 e. The van der Waals surface area contributed by atoms with Crippen molar-refractivity contribution in [2.75, 3.05) is 0 Å². The van der Waals surface area contributed by atoms with Crippen molar-refractivity contribution in [3.63, 3.8) is 0 Å². The molecule has 4 heavy (non-hydrogen) atoms. The maximum absolute atomic E-state index is 0. The smallest absolute Gasteiger partial charge is 1.00 e. The fourth-order valence-corrected chi connectivity index (χ4v) is 0. The van der Waals surface area contributed by atoms with Gasteiger partial charge in [0.25, 0.3) is 0 Å². The molecular formula is H2Cl2OZr+2. The van der Waals surface area contributed by atoms with Crippen LogP contribution in [0.5, 0.6) is 0 Å². The Labute approximate surface area is 56.4 Å². The zero-order valence-corrected chi connectivity index (χ0v) is 5.73. The summed E-state index contributed by atoms with van der Waals surface area (Å²) in [5.41, 5.74) is 0. The first-order valence-electron chi connectivity index (χ1n) is 0. The molecule has 4 heteroatoms. The molecule has 2 N–H and O–H groups in total. The fourth-order valence-electron chi connectivity index (χ4n) is 0. The fraction of sp³-hybridized carbons (Fsp3) is 0. The van der Waals surface area contributed by atoms with Gasteiger partial charge in [0.1, 0.15) is 0 Å². The van der Waals surface area contributed by atoms with E-state index in [4.69, 9.17) is 0 Å². The summed E-state index contributed by atoms with van der Waals surface area (Å²) in [6, 6.07) is 0. The van der Waals surface area contributed by atoms with Gasteiger partial charge in [-0.15, -0.1) is 0 Å². The van der Waals surface area contributed by atoms with Gasteiger partial charge in [-0.05, 0) is 0 Å². The van der Waals surface area contributed by atoms with Crippen molar-refractivity contribution in [1.82, 2.24) is 0 Å². The molecule has 0 rings (SSSR count). The van der Waals surface area contributed by atoms with Crippen LogP contribution in [0.2, 0.25) is 0 Å². The first-order chi connectivity index (χ1) is 0. The van der Waals surface area contributed by atoms with Gasteiger partial charge in [0.2, 0.25) is 0 Å². The van der Waals surface area contributed by atoms with E-state index in [0.717, 1.165) is 0 Å². The predicted octanol–water partition coefficient (Wildman–Crippen LogP) is -6.82. The Bertz CT molecular complexity index is 6.00. The topological polar surface area (TPSA) is 31.5 Å². The monoisotopic (exact) mass is 178 g/mol. The van der Waals surface area contributed by atoms with Crippen LogP contribution >= 0.6 is 0 Å². The Kier molecular flexibility index (Phi) is 335. The van der Waals surface area contributed by atoms with Crippen molar-refractivity contribution < 1.29 is 56.5 Å². The van der Waals surface area contributed by atoms with Gasteiger partial charge in [-0.1, -0.05) is 0 Å². The van der Waals surface area contributed by atoms with Crippen molar-refractivity contribution in [3.05, 3.63) is 0 Å². The quantitative estimate of drug-likeness (QED) is 0.355. The standard InChI is InChI=1S/2ClH.H2O.Zr/h2*1H;1H2;/q;;;+4/p-2. The van der Waals surface area contributed by atoms with E-state index in [0.29, 0.717) is 0 Å². The molecule has 0 saturated carbocycles. The Morgan fingerprint density at radius 2 is 0.750 bits per heavy atom. The maximum Gasteiger partial charge on any atom is 4.00 e. The molecule has 0 aromatic carbocycles. The molecule has 0 atom stereocenters. The van der Waals surface area contributed by atoms with Crippen molar-refractivity contribution in [1.29, 1.82) is 0 Å². The molecule has 0 unspecified atom stereocenters. The Balaban J connectivity index is 0. The third-order valence-electron chi connectivity index (χ3n) is 0. The molecule has 0 saturated heterocycles. The summed E-state index contributed by atoms with van der Waals surface area (Å²) in [5, 5.41) is 0. The maximum atomic E-state index is 0. The minimum absolute atomic E-state index is 0. The Hall–Kier alpha value is 1.42. The molecule has 0 aliphatic rings. The zero-order valence-electron chi connectivity index (χ0n) is 1.76. The van der Waals surface area contributed by atoms with Crippen LogP contribution in [0.15, 0.2) is 0 Å². The second kappa shape index (κ2) is 25.6. The van der Waals surface area contributed by atoms with Crippen molar-refractivity contribution in [3.8, 4) is 0 Å². The van der Waals surface area contributed by atoms with E-state index in [2.05, 4.69) is 0 Å². The van der Waals surface area contributed by atoms with E-state index >= 15 is 0 Å². The summed E-state index contributed by atoms with van der Waals surface area (Å²) < 4.78 is 0. The average molecular weight is 180 g/mol. The molecule has 0 bridgehead atoms. The molecule has 0 amide bonds. The van der Waals surface area contributed by atoms with Gasteiger partial charge in [0, 0.05) is 0 Å². The van der Waals surface area contributed by atoms with Gasteiger partial charge >= 0.3 is 26.2 Å². The van der Waals surface area contributed by atoms with Crippen LogP contribution in [-0.2, 0) is 26.2 Å². The second-order valence-corrected chi connectivity index (χ2v) is 0. The third-order valence-corrected chi connectivity index (χ3v) is 0. The number of halogens is 2. The van der Waals surface area contributed by atoms with Crippen LogP contribution in [0, 0.1) is 0 Å². The normalized spacial score (nSPS) is 0. The molecule has 0 aliphatic carbocycles. The van der Waals surface area contributed by atoms with Gasteiger partial charge in [0.05, 0.1) is 0 Å². The van der Waals surface area contributed by atoms with Crippen molar-refractivity contribution >= 4 is 0 Å². The molecule has 24 valence electrons. The Morgan fingerprint density at radius 3 is 0.750 bits per heavy atom. The third kappa shape index (κ3) is 9.92. The van der Waals surface area contributed by atoms with Gasteiger partial charge < -0.3 is 30.3 Å². The van der Waals surface area contributed by atoms with Gasteiger partial charge in [-0.25, -0.2) is 0 Å². The first kappa shape index (κ1) is 52.4. The van der Waals surface area contributed by atoms with E-state index in [9.17, 15) is 0 Å². The van der Waals surface area contributed by atoms with E-state index in [1.807, 2.05) is 0 Å². The summed E-state index contributed by atoms with van der Waals surface area (Å²) >= 11 is 0. The van der Waals surface area contributed by atoms with Crippen molar-refractivity contribution in [2.24, 2.45) is 0 Å². The van der Waals surface area contributed by atoms with E-state index < -0.39 is 0 Å². The number of rotatable bonds is 0. The molecule has 1 nitrogen and oxygen atoms in total. The van der Waals surface area contributed by atoms with Gasteiger partial charge in [0.15, 0.2) is 0 Å². The molecular weight excluding hydrogens is 178 g/mol. The summed E-state index contributed by atoms with van der Waals surface area (Å²) in [4.78, 5) is 0. The SMILES string of the molecule is O.[Cl-].[Cl-].[Zr+4]. The van der Waals surface area contributed by atoms with Crippen molar-refractivity contribution in [2.45, 2.75) is 0 Å². The summed E-state index contributed by atoms with van der Waals surface area (Å²) in [7, 11) is 0. The molecule has 0 aliphatic heterocycles. The molecule has 0 fully saturated rings. The van der Waals surface area contributed by atoms with E-state index in [1.54, 1.807) is 0 Å². The first-order valence-corrected chi connectivity index (χ1v) is 0. The van der Waals surface area contributed by atoms with Crippen LogP contribution in [0.3, 0.4) is 0 Å². The van der Waals surface area contributed by atoms with E-state index in [-0.39, 0.29) is 56.5 Å². The molecule has 0 spiro atoms. The number of hydrogen-bond donors (Lipinski definition) is 0. The van der Waals surface area contributed by atoms with Gasteiger partial charge in [-0.2, -0.15) is 0 Å². The summed E-state index contributed by atoms with van der Waals surface area (Å²) in [6.45, 7) is 0. The summed E-state index contributed by atoms with van der Waals surface area (Å²) in [6.07, 6.45) is 0. The summed E-state index contributed by atoms with van der Waals surface area (Å²) in [5.74, 6) is 0. The molecule has 0 aromatic heterocycles. The second-order valence-electron chi connectivity index (χ2n) is 0. The number of hydrogen-bond acceptors (Lipinski definition) is 0. The Morgan fingerprint density at radius 1 is 0.750 bits per heavy atom. The average Bonchev–Trinajstić information content (AvgIpc) is 0. The van der Waals surface area contributed by atoms with Crippen LogP contribution < -0.4 is 24.8 Å². The zero-order chi connectivity index (χ0) is 0. The van der Waals surface area contributed by atoms with Crippen LogP contribution in [0.25, 0.3) is 0 Å². The van der Waals surface area contributed by atoms with Crippen LogP contribution in [0.4, 0.5) is 0 Å². The van der Waals surface area contributed by atoms with Crippen LogP contribution in [-0.4, -0.2) is 5.48 Å². The predicted molar refractivity (Wildman–Crippen MR) is 3.61 cm³/mol. The minimum atomic E-state index is 0. The van der Waals surface area contributed by atoms with Gasteiger partial charge in [-0.3, -0.25) is 0 Å². The van der Waals surface area contributed by atoms with E-state index in [1.165, 1.54) is 0 Å².